The van der Waals surface area contributed by atoms with Crippen LogP contribution < -0.4 is 10.7 Å². The van der Waals surface area contributed by atoms with E-state index in [1.807, 2.05) is 4.57 Å². The fraction of sp³-hybridized carbons (Fsp3) is 0.565. The first-order valence-corrected chi connectivity index (χ1v) is 10.8. The van der Waals surface area contributed by atoms with Crippen LogP contribution >= 0.6 is 0 Å². The van der Waals surface area contributed by atoms with Crippen LogP contribution in [-0.4, -0.2) is 23.2 Å². The molecular weight excluding hydrogens is 371 g/mol. The SMILES string of the molecule is CCOC(=O)C1CC(C)Cn2c1cc(=O)c1cc(F)c(NC3CCCCC3)cc12. The maximum atomic E-state index is 14.8. The van der Waals surface area contributed by atoms with Gasteiger partial charge in [-0.05, 0) is 44.2 Å². The number of esters is 1. The molecule has 29 heavy (non-hydrogen) atoms. The van der Waals surface area contributed by atoms with E-state index in [4.69, 9.17) is 4.74 Å². The molecule has 1 fully saturated rings. The van der Waals surface area contributed by atoms with Crippen molar-refractivity contribution in [1.29, 1.82) is 0 Å². The van der Waals surface area contributed by atoms with E-state index in [0.29, 0.717) is 41.9 Å². The zero-order chi connectivity index (χ0) is 20.5. The van der Waals surface area contributed by atoms with Gasteiger partial charge >= 0.3 is 5.97 Å². The Morgan fingerprint density at radius 3 is 2.72 bits per heavy atom. The lowest BCUT2D eigenvalue weighted by atomic mass is 9.87. The molecular formula is C23H29FN2O3. The summed E-state index contributed by atoms with van der Waals surface area (Å²) in [6, 6.07) is 4.85. The maximum absolute atomic E-state index is 14.8. The van der Waals surface area contributed by atoms with Gasteiger partial charge in [0.15, 0.2) is 5.43 Å². The highest BCUT2D eigenvalue weighted by molar-refractivity contribution is 5.85. The van der Waals surface area contributed by atoms with Crippen molar-refractivity contribution in [2.75, 3.05) is 11.9 Å². The lowest BCUT2D eigenvalue weighted by molar-refractivity contribution is -0.146. The van der Waals surface area contributed by atoms with E-state index >= 15 is 0 Å². The highest BCUT2D eigenvalue weighted by Gasteiger charge is 2.32. The molecule has 1 saturated carbocycles. The van der Waals surface area contributed by atoms with E-state index in [0.717, 1.165) is 25.7 Å². The molecule has 1 aromatic heterocycles. The number of hydrogen-bond acceptors (Lipinski definition) is 4. The molecule has 2 heterocycles. The topological polar surface area (TPSA) is 60.3 Å². The first-order valence-electron chi connectivity index (χ1n) is 10.8. The van der Waals surface area contributed by atoms with E-state index < -0.39 is 11.7 Å². The van der Waals surface area contributed by atoms with Gasteiger partial charge in [-0.15, -0.1) is 0 Å². The molecule has 5 nitrogen and oxygen atoms in total. The van der Waals surface area contributed by atoms with Crippen molar-refractivity contribution in [2.24, 2.45) is 5.92 Å². The van der Waals surface area contributed by atoms with Gasteiger partial charge in [0.05, 0.1) is 23.7 Å². The van der Waals surface area contributed by atoms with Crippen molar-refractivity contribution in [3.05, 3.63) is 39.9 Å². The van der Waals surface area contributed by atoms with E-state index in [1.54, 1.807) is 13.0 Å². The van der Waals surface area contributed by atoms with Crippen LogP contribution in [0.3, 0.4) is 0 Å². The van der Waals surface area contributed by atoms with Crippen LogP contribution in [0.5, 0.6) is 0 Å². The molecule has 2 aromatic rings. The van der Waals surface area contributed by atoms with Gasteiger partial charge in [-0.2, -0.15) is 0 Å². The predicted molar refractivity (Wildman–Crippen MR) is 112 cm³/mol. The number of benzene rings is 1. The number of fused-ring (bicyclic) bond motifs is 3. The Bertz CT molecular complexity index is 978. The smallest absolute Gasteiger partial charge is 0.314 e. The minimum atomic E-state index is -0.462. The normalized spacial score (nSPS) is 22.3. The Balaban J connectivity index is 1.81. The number of rotatable bonds is 4. The summed E-state index contributed by atoms with van der Waals surface area (Å²) in [5.41, 5.74) is 1.55. The van der Waals surface area contributed by atoms with Crippen molar-refractivity contribution in [3.63, 3.8) is 0 Å². The Morgan fingerprint density at radius 2 is 2.00 bits per heavy atom. The van der Waals surface area contributed by atoms with Gasteiger partial charge < -0.3 is 14.6 Å². The molecule has 6 heteroatoms. The fourth-order valence-electron chi connectivity index (χ4n) is 4.85. The second-order valence-corrected chi connectivity index (χ2v) is 8.52. The van der Waals surface area contributed by atoms with Gasteiger partial charge in [0.25, 0.3) is 0 Å². The Hall–Kier alpha value is -2.37. The van der Waals surface area contributed by atoms with E-state index in [9.17, 15) is 14.0 Å². The van der Waals surface area contributed by atoms with Crippen LogP contribution in [-0.2, 0) is 16.1 Å². The first kappa shape index (κ1) is 19.9. The molecule has 0 spiro atoms. The number of aromatic nitrogens is 1. The average Bonchev–Trinajstić information content (AvgIpc) is 2.70. The van der Waals surface area contributed by atoms with Crippen molar-refractivity contribution in [3.8, 4) is 0 Å². The van der Waals surface area contributed by atoms with Crippen molar-refractivity contribution < 1.29 is 13.9 Å². The second-order valence-electron chi connectivity index (χ2n) is 8.52. The largest absolute Gasteiger partial charge is 0.465 e. The standard InChI is InChI=1S/C23H29FN2O3/c1-3-29-23(28)17-9-14(2)13-26-20-11-19(25-15-7-5-4-6-8-15)18(24)10-16(20)22(27)12-21(17)26/h10-12,14-15,17,25H,3-9,13H2,1-2H3. The molecule has 1 aliphatic carbocycles. The second kappa shape index (κ2) is 8.17. The summed E-state index contributed by atoms with van der Waals surface area (Å²) in [5, 5.41) is 3.71. The molecule has 0 saturated heterocycles. The molecule has 1 aromatic carbocycles. The molecule has 1 N–H and O–H groups in total. The average molecular weight is 400 g/mol. The number of halogens is 1. The molecule has 0 amide bonds. The number of pyridine rings is 1. The Morgan fingerprint density at radius 1 is 1.24 bits per heavy atom. The summed E-state index contributed by atoms with van der Waals surface area (Å²) in [6.07, 6.45) is 6.26. The van der Waals surface area contributed by atoms with Gasteiger partial charge in [0.2, 0.25) is 0 Å². The summed E-state index contributed by atoms with van der Waals surface area (Å²) in [4.78, 5) is 25.3. The molecule has 2 atom stereocenters. The van der Waals surface area contributed by atoms with Crippen LogP contribution in [0, 0.1) is 11.7 Å². The molecule has 4 rings (SSSR count). The number of carbonyl (C=O) groups excluding carboxylic acids is 1. The molecule has 2 aliphatic rings. The zero-order valence-corrected chi connectivity index (χ0v) is 17.2. The summed E-state index contributed by atoms with van der Waals surface area (Å²) < 4.78 is 22.1. The number of hydrogen-bond donors (Lipinski definition) is 1. The van der Waals surface area contributed by atoms with Gasteiger partial charge in [-0.25, -0.2) is 4.39 Å². The number of nitrogens with zero attached hydrogens (tertiary/aromatic N) is 1. The Labute approximate surface area is 170 Å². The van der Waals surface area contributed by atoms with E-state index in [2.05, 4.69) is 12.2 Å². The van der Waals surface area contributed by atoms with Gasteiger partial charge in [0.1, 0.15) is 5.82 Å². The van der Waals surface area contributed by atoms with Crippen LogP contribution in [0.1, 0.15) is 64.0 Å². The third kappa shape index (κ3) is 3.89. The van der Waals surface area contributed by atoms with Crippen molar-refractivity contribution >= 4 is 22.6 Å². The molecule has 2 unspecified atom stereocenters. The molecule has 1 aliphatic heterocycles. The minimum absolute atomic E-state index is 0.252. The number of anilines is 1. The lowest BCUT2D eigenvalue weighted by Gasteiger charge is -2.31. The highest BCUT2D eigenvalue weighted by atomic mass is 19.1. The van der Waals surface area contributed by atoms with Crippen molar-refractivity contribution in [1.82, 2.24) is 4.57 Å². The van der Waals surface area contributed by atoms with E-state index in [-0.39, 0.29) is 23.4 Å². The lowest BCUT2D eigenvalue weighted by Crippen LogP contribution is -2.31. The van der Waals surface area contributed by atoms with Crippen molar-refractivity contribution in [2.45, 2.75) is 70.9 Å². The highest BCUT2D eigenvalue weighted by Crippen LogP contribution is 2.35. The maximum Gasteiger partial charge on any atom is 0.314 e. The Kier molecular flexibility index (Phi) is 5.61. The van der Waals surface area contributed by atoms with Crippen LogP contribution in [0.25, 0.3) is 10.9 Å². The first-order chi connectivity index (χ1) is 14.0. The summed E-state index contributed by atoms with van der Waals surface area (Å²) in [6.45, 7) is 4.87. The van der Waals surface area contributed by atoms with Crippen LogP contribution in [0.15, 0.2) is 23.0 Å². The summed E-state index contributed by atoms with van der Waals surface area (Å²) in [5.74, 6) is -0.904. The molecule has 156 valence electrons. The minimum Gasteiger partial charge on any atom is -0.465 e. The zero-order valence-electron chi connectivity index (χ0n) is 17.2. The quantitative estimate of drug-likeness (QED) is 0.764. The number of ether oxygens (including phenoxy) is 1. The molecule has 0 bridgehead atoms. The van der Waals surface area contributed by atoms with Gasteiger partial charge in [0, 0.05) is 29.7 Å². The third-order valence-corrected chi connectivity index (χ3v) is 6.26. The van der Waals surface area contributed by atoms with Crippen LogP contribution in [0.2, 0.25) is 0 Å². The number of nitrogens with one attached hydrogen (secondary N) is 1. The summed E-state index contributed by atoms with van der Waals surface area (Å²) in [7, 11) is 0. The fourth-order valence-corrected chi connectivity index (χ4v) is 4.85. The monoisotopic (exact) mass is 400 g/mol. The third-order valence-electron chi connectivity index (χ3n) is 6.26. The predicted octanol–water partition coefficient (Wildman–Crippen LogP) is 4.57. The summed E-state index contributed by atoms with van der Waals surface area (Å²) >= 11 is 0. The van der Waals surface area contributed by atoms with E-state index in [1.165, 1.54) is 18.6 Å². The van der Waals surface area contributed by atoms with Crippen LogP contribution in [0.4, 0.5) is 10.1 Å². The molecule has 0 radical (unpaired) electrons. The van der Waals surface area contributed by atoms with Gasteiger partial charge in [-0.1, -0.05) is 26.2 Å². The van der Waals surface area contributed by atoms with Gasteiger partial charge in [-0.3, -0.25) is 9.59 Å². The number of carbonyl (C=O) groups is 1.